The number of nitrogens with one attached hydrogen (secondary N) is 1. The van der Waals surface area contributed by atoms with Gasteiger partial charge in [-0.15, -0.1) is 16.8 Å². The van der Waals surface area contributed by atoms with Gasteiger partial charge in [0.15, 0.2) is 20.8 Å². The Bertz CT molecular complexity index is 925. The number of nitrogens with zero attached hydrogens (tertiary/aromatic N) is 3. The maximum Gasteiger partial charge on any atom is 0.233 e. The number of allylic oxidation sites excluding steroid dienone is 1. The lowest BCUT2D eigenvalue weighted by molar-refractivity contribution is -0.120. The summed E-state index contributed by atoms with van der Waals surface area (Å²) in [6.07, 6.45) is 2.23. The second-order valence-electron chi connectivity index (χ2n) is 6.44. The maximum atomic E-state index is 12.5. The second kappa shape index (κ2) is 8.26. The summed E-state index contributed by atoms with van der Waals surface area (Å²) in [6, 6.07) is 9.39. The molecule has 2 aromatic rings. The Morgan fingerprint density at radius 2 is 2.15 bits per heavy atom. The Labute approximate surface area is 163 Å². The van der Waals surface area contributed by atoms with E-state index in [1.54, 1.807) is 13.0 Å². The number of rotatable bonds is 7. The number of thioether (sulfide) groups is 1. The highest BCUT2D eigenvalue weighted by Crippen LogP contribution is 2.27. The van der Waals surface area contributed by atoms with Crippen LogP contribution in [0.3, 0.4) is 0 Å². The minimum atomic E-state index is -3.03. The predicted octanol–water partition coefficient (Wildman–Crippen LogP) is 1.91. The first kappa shape index (κ1) is 19.6. The largest absolute Gasteiger partial charge is 0.351 e. The summed E-state index contributed by atoms with van der Waals surface area (Å²) in [4.78, 5) is 12.5. The monoisotopic (exact) mass is 406 g/mol. The first-order valence-corrected chi connectivity index (χ1v) is 11.4. The van der Waals surface area contributed by atoms with Crippen LogP contribution in [0.25, 0.3) is 11.4 Å². The number of benzene rings is 1. The van der Waals surface area contributed by atoms with Crippen molar-refractivity contribution in [2.24, 2.45) is 0 Å². The standard InChI is InChI=1S/C18H22N4O3S2/c1-3-10-22-16(14-7-5-4-6-8-14)20-21-18(22)26-13(2)17(23)19-15-9-11-27(24,25)12-15/h3-8,13,15H,1,9-12H2,2H3,(H,19,23)/t13-,15-/m0/s1. The van der Waals surface area contributed by atoms with Crippen LogP contribution in [0.4, 0.5) is 0 Å². The van der Waals surface area contributed by atoms with E-state index in [0.29, 0.717) is 23.9 Å². The van der Waals surface area contributed by atoms with Crippen molar-refractivity contribution in [1.82, 2.24) is 20.1 Å². The van der Waals surface area contributed by atoms with E-state index in [0.717, 1.165) is 5.56 Å². The van der Waals surface area contributed by atoms with Gasteiger partial charge in [-0.05, 0) is 13.3 Å². The van der Waals surface area contributed by atoms with Gasteiger partial charge in [-0.3, -0.25) is 9.36 Å². The van der Waals surface area contributed by atoms with Gasteiger partial charge in [0.25, 0.3) is 0 Å². The van der Waals surface area contributed by atoms with Crippen LogP contribution >= 0.6 is 11.8 Å². The summed E-state index contributed by atoms with van der Waals surface area (Å²) in [5.41, 5.74) is 0.937. The highest BCUT2D eigenvalue weighted by Gasteiger charge is 2.30. The Hall–Kier alpha value is -2.13. The van der Waals surface area contributed by atoms with Crippen LogP contribution < -0.4 is 5.32 Å². The van der Waals surface area contributed by atoms with Crippen LogP contribution in [0.2, 0.25) is 0 Å². The summed E-state index contributed by atoms with van der Waals surface area (Å²) in [6.45, 7) is 6.08. The zero-order valence-corrected chi connectivity index (χ0v) is 16.7. The summed E-state index contributed by atoms with van der Waals surface area (Å²) >= 11 is 1.30. The van der Waals surface area contributed by atoms with E-state index in [4.69, 9.17) is 0 Å². The fourth-order valence-corrected chi connectivity index (χ4v) is 5.45. The van der Waals surface area contributed by atoms with Crippen molar-refractivity contribution in [3.63, 3.8) is 0 Å². The molecule has 1 aliphatic rings. The Balaban J connectivity index is 1.72. The molecule has 1 aromatic heterocycles. The Morgan fingerprint density at radius 1 is 1.41 bits per heavy atom. The van der Waals surface area contributed by atoms with Crippen molar-refractivity contribution >= 4 is 27.5 Å². The van der Waals surface area contributed by atoms with Gasteiger partial charge in [0.05, 0.1) is 16.8 Å². The van der Waals surface area contributed by atoms with E-state index < -0.39 is 15.1 Å². The molecule has 3 rings (SSSR count). The smallest absolute Gasteiger partial charge is 0.233 e. The van der Waals surface area contributed by atoms with Crippen LogP contribution in [-0.4, -0.2) is 51.9 Å². The van der Waals surface area contributed by atoms with Gasteiger partial charge in [-0.2, -0.15) is 0 Å². The molecule has 7 nitrogen and oxygen atoms in total. The number of amides is 1. The molecule has 144 valence electrons. The average molecular weight is 407 g/mol. The van der Waals surface area contributed by atoms with Gasteiger partial charge < -0.3 is 5.32 Å². The van der Waals surface area contributed by atoms with Crippen molar-refractivity contribution in [3.8, 4) is 11.4 Å². The van der Waals surface area contributed by atoms with Crippen molar-refractivity contribution < 1.29 is 13.2 Å². The minimum Gasteiger partial charge on any atom is -0.351 e. The van der Waals surface area contributed by atoms with Crippen molar-refractivity contribution in [3.05, 3.63) is 43.0 Å². The molecule has 0 aliphatic carbocycles. The van der Waals surface area contributed by atoms with Gasteiger partial charge in [-0.1, -0.05) is 48.2 Å². The van der Waals surface area contributed by atoms with E-state index in [1.165, 1.54) is 11.8 Å². The fourth-order valence-electron chi connectivity index (χ4n) is 2.91. The van der Waals surface area contributed by atoms with Gasteiger partial charge in [0, 0.05) is 18.2 Å². The minimum absolute atomic E-state index is 0.0148. The van der Waals surface area contributed by atoms with Gasteiger partial charge >= 0.3 is 0 Å². The molecule has 1 aromatic carbocycles. The van der Waals surface area contributed by atoms with Gasteiger partial charge in [0.1, 0.15) is 0 Å². The Kier molecular flexibility index (Phi) is 6.01. The lowest BCUT2D eigenvalue weighted by atomic mass is 10.2. The topological polar surface area (TPSA) is 94.0 Å². The fraction of sp³-hybridized carbons (Fsp3) is 0.389. The number of carbonyl (C=O) groups is 1. The van der Waals surface area contributed by atoms with E-state index in [2.05, 4.69) is 22.1 Å². The maximum absolute atomic E-state index is 12.5. The summed E-state index contributed by atoms with van der Waals surface area (Å²) < 4.78 is 25.0. The molecule has 2 atom stereocenters. The molecule has 1 N–H and O–H groups in total. The van der Waals surface area contributed by atoms with E-state index in [1.807, 2.05) is 34.9 Å². The van der Waals surface area contributed by atoms with E-state index >= 15 is 0 Å². The molecular formula is C18H22N4O3S2. The molecule has 1 fully saturated rings. The van der Waals surface area contributed by atoms with Crippen LogP contribution in [-0.2, 0) is 21.2 Å². The molecule has 0 bridgehead atoms. The average Bonchev–Trinajstić information content (AvgIpc) is 3.19. The van der Waals surface area contributed by atoms with Gasteiger partial charge in [-0.25, -0.2) is 8.42 Å². The number of aromatic nitrogens is 3. The highest BCUT2D eigenvalue weighted by atomic mass is 32.2. The first-order valence-electron chi connectivity index (χ1n) is 8.66. The third-order valence-corrected chi connectivity index (χ3v) is 7.14. The molecule has 9 heteroatoms. The number of carbonyl (C=O) groups excluding carboxylic acids is 1. The third-order valence-electron chi connectivity index (χ3n) is 4.29. The lowest BCUT2D eigenvalue weighted by Gasteiger charge is -2.15. The SMILES string of the molecule is C=CCn1c(S[C@@H](C)C(=O)N[C@H]2CCS(=O)(=O)C2)nnc1-c1ccccc1. The first-order chi connectivity index (χ1) is 12.9. The zero-order valence-electron chi connectivity index (χ0n) is 15.0. The molecule has 0 spiro atoms. The molecule has 0 saturated carbocycles. The van der Waals surface area contributed by atoms with Crippen LogP contribution in [0.15, 0.2) is 48.1 Å². The van der Waals surface area contributed by atoms with Crippen LogP contribution in [0.5, 0.6) is 0 Å². The predicted molar refractivity (Wildman–Crippen MR) is 106 cm³/mol. The molecule has 1 aliphatic heterocycles. The van der Waals surface area contributed by atoms with Crippen LogP contribution in [0.1, 0.15) is 13.3 Å². The molecule has 0 unspecified atom stereocenters. The van der Waals surface area contributed by atoms with E-state index in [9.17, 15) is 13.2 Å². The molecule has 27 heavy (non-hydrogen) atoms. The molecule has 1 amide bonds. The van der Waals surface area contributed by atoms with Crippen molar-refractivity contribution in [2.75, 3.05) is 11.5 Å². The van der Waals surface area contributed by atoms with Crippen molar-refractivity contribution in [1.29, 1.82) is 0 Å². The molecular weight excluding hydrogens is 384 g/mol. The van der Waals surface area contributed by atoms with Crippen LogP contribution in [0, 0.1) is 0 Å². The Morgan fingerprint density at radius 3 is 2.78 bits per heavy atom. The summed E-state index contributed by atoms with van der Waals surface area (Å²) in [5.74, 6) is 0.665. The van der Waals surface area contributed by atoms with Gasteiger partial charge in [0.2, 0.25) is 5.91 Å². The van der Waals surface area contributed by atoms with E-state index in [-0.39, 0.29) is 23.5 Å². The highest BCUT2D eigenvalue weighted by molar-refractivity contribution is 8.00. The third kappa shape index (κ3) is 4.78. The lowest BCUT2D eigenvalue weighted by Crippen LogP contribution is -2.40. The number of hydrogen-bond donors (Lipinski definition) is 1. The number of hydrogen-bond acceptors (Lipinski definition) is 6. The quantitative estimate of drug-likeness (QED) is 0.558. The normalized spacial score (nSPS) is 19.5. The van der Waals surface area contributed by atoms with Crippen molar-refractivity contribution in [2.45, 2.75) is 36.3 Å². The molecule has 2 heterocycles. The summed E-state index contributed by atoms with van der Waals surface area (Å²) in [5, 5.41) is 11.5. The molecule has 1 saturated heterocycles. The second-order valence-corrected chi connectivity index (χ2v) is 9.98. The molecule has 0 radical (unpaired) electrons. The zero-order chi connectivity index (χ0) is 19.4. The number of sulfone groups is 1. The summed E-state index contributed by atoms with van der Waals surface area (Å²) in [7, 11) is -3.03.